The molecule has 0 radical (unpaired) electrons. The van der Waals surface area contributed by atoms with Gasteiger partial charge in [0.2, 0.25) is 0 Å². The fourth-order valence-corrected chi connectivity index (χ4v) is 2.20. The molecule has 4 heteroatoms. The summed E-state index contributed by atoms with van der Waals surface area (Å²) >= 11 is 1.58. The van der Waals surface area contributed by atoms with Crippen LogP contribution in [0.15, 0.2) is 23.6 Å². The van der Waals surface area contributed by atoms with Gasteiger partial charge >= 0.3 is 0 Å². The molecule has 0 aliphatic carbocycles. The molecule has 0 atom stereocenters. The third-order valence-corrected chi connectivity index (χ3v) is 3.62. The lowest BCUT2D eigenvalue weighted by Crippen LogP contribution is -2.00. The smallest absolute Gasteiger partial charge is 0.131 e. The standard InChI is InChI=1S/C13H16N2OS/c1-9-4-3-5-12(10(9)2)16-7-11-8-17-13(6-14)15-11/h3-5,8H,6-7,14H2,1-2H3. The van der Waals surface area contributed by atoms with E-state index in [0.29, 0.717) is 13.2 Å². The summed E-state index contributed by atoms with van der Waals surface area (Å²) in [6.45, 7) is 5.14. The zero-order valence-electron chi connectivity index (χ0n) is 10.1. The molecule has 0 aliphatic heterocycles. The van der Waals surface area contributed by atoms with E-state index < -0.39 is 0 Å². The van der Waals surface area contributed by atoms with Crippen LogP contribution in [0.2, 0.25) is 0 Å². The largest absolute Gasteiger partial charge is 0.487 e. The van der Waals surface area contributed by atoms with E-state index in [2.05, 4.69) is 24.9 Å². The summed E-state index contributed by atoms with van der Waals surface area (Å²) in [6, 6.07) is 6.07. The van der Waals surface area contributed by atoms with Gasteiger partial charge in [0.25, 0.3) is 0 Å². The van der Waals surface area contributed by atoms with Crippen molar-refractivity contribution in [3.63, 3.8) is 0 Å². The van der Waals surface area contributed by atoms with Crippen LogP contribution in [0, 0.1) is 13.8 Å². The summed E-state index contributed by atoms with van der Waals surface area (Å²) in [7, 11) is 0. The molecule has 2 rings (SSSR count). The van der Waals surface area contributed by atoms with E-state index in [1.807, 2.05) is 17.5 Å². The molecule has 3 nitrogen and oxygen atoms in total. The van der Waals surface area contributed by atoms with E-state index in [9.17, 15) is 0 Å². The molecule has 0 bridgehead atoms. The van der Waals surface area contributed by atoms with Crippen LogP contribution in [0.4, 0.5) is 0 Å². The minimum atomic E-state index is 0.494. The fourth-order valence-electron chi connectivity index (χ4n) is 1.54. The van der Waals surface area contributed by atoms with Gasteiger partial charge in [-0.05, 0) is 31.0 Å². The summed E-state index contributed by atoms with van der Waals surface area (Å²) in [4.78, 5) is 4.36. The quantitative estimate of drug-likeness (QED) is 0.905. The highest BCUT2D eigenvalue weighted by atomic mass is 32.1. The molecule has 90 valence electrons. The summed E-state index contributed by atoms with van der Waals surface area (Å²) in [5, 5.41) is 2.94. The first kappa shape index (κ1) is 12.1. The second-order valence-electron chi connectivity index (χ2n) is 3.92. The number of rotatable bonds is 4. The van der Waals surface area contributed by atoms with E-state index in [-0.39, 0.29) is 0 Å². The molecule has 1 heterocycles. The van der Waals surface area contributed by atoms with Crippen molar-refractivity contribution in [2.75, 3.05) is 0 Å². The highest BCUT2D eigenvalue weighted by Crippen LogP contribution is 2.21. The van der Waals surface area contributed by atoms with Crippen molar-refractivity contribution in [3.05, 3.63) is 45.4 Å². The third kappa shape index (κ3) is 2.84. The van der Waals surface area contributed by atoms with Gasteiger partial charge in [-0.3, -0.25) is 0 Å². The van der Waals surface area contributed by atoms with Crippen LogP contribution in [0.1, 0.15) is 21.8 Å². The predicted octanol–water partition coefficient (Wildman–Crippen LogP) is 2.80. The van der Waals surface area contributed by atoms with Gasteiger partial charge in [0, 0.05) is 11.9 Å². The van der Waals surface area contributed by atoms with Crippen LogP contribution >= 0.6 is 11.3 Å². The Balaban J connectivity index is 2.04. The third-order valence-electron chi connectivity index (χ3n) is 2.70. The molecule has 2 aromatic rings. The lowest BCUT2D eigenvalue weighted by atomic mass is 10.1. The summed E-state index contributed by atoms with van der Waals surface area (Å²) < 4.78 is 5.76. The van der Waals surface area contributed by atoms with Gasteiger partial charge in [-0.1, -0.05) is 12.1 Å². The number of aryl methyl sites for hydroxylation is 1. The van der Waals surface area contributed by atoms with E-state index >= 15 is 0 Å². The molecule has 0 saturated carbocycles. The van der Waals surface area contributed by atoms with Crippen LogP contribution in [0.3, 0.4) is 0 Å². The minimum Gasteiger partial charge on any atom is -0.487 e. The summed E-state index contributed by atoms with van der Waals surface area (Å²) in [5.74, 6) is 0.923. The van der Waals surface area contributed by atoms with Crippen molar-refractivity contribution in [3.8, 4) is 5.75 Å². The Bertz CT molecular complexity index is 508. The zero-order chi connectivity index (χ0) is 12.3. The van der Waals surface area contributed by atoms with Crippen molar-refractivity contribution in [2.45, 2.75) is 27.0 Å². The molecule has 2 N–H and O–H groups in total. The van der Waals surface area contributed by atoms with Crippen LogP contribution in [-0.2, 0) is 13.2 Å². The van der Waals surface area contributed by atoms with E-state index in [1.54, 1.807) is 11.3 Å². The number of hydrogen-bond donors (Lipinski definition) is 1. The van der Waals surface area contributed by atoms with Gasteiger partial charge in [-0.2, -0.15) is 0 Å². The number of ether oxygens (including phenoxy) is 1. The Morgan fingerprint density at radius 1 is 1.35 bits per heavy atom. The average Bonchev–Trinajstić information content (AvgIpc) is 2.79. The molecule has 0 fully saturated rings. The highest BCUT2D eigenvalue weighted by molar-refractivity contribution is 7.09. The summed E-state index contributed by atoms with van der Waals surface area (Å²) in [5.41, 5.74) is 8.88. The van der Waals surface area contributed by atoms with Gasteiger partial charge in [0.15, 0.2) is 0 Å². The number of benzene rings is 1. The van der Waals surface area contributed by atoms with Crippen molar-refractivity contribution < 1.29 is 4.74 Å². The van der Waals surface area contributed by atoms with Crippen LogP contribution in [0.25, 0.3) is 0 Å². The second kappa shape index (κ2) is 5.29. The van der Waals surface area contributed by atoms with Gasteiger partial charge in [0.05, 0.1) is 5.69 Å². The Labute approximate surface area is 105 Å². The Morgan fingerprint density at radius 3 is 2.88 bits per heavy atom. The first-order chi connectivity index (χ1) is 8.20. The minimum absolute atomic E-state index is 0.494. The normalized spacial score (nSPS) is 10.5. The lowest BCUT2D eigenvalue weighted by molar-refractivity contribution is 0.299. The molecule has 1 aromatic heterocycles. The Morgan fingerprint density at radius 2 is 2.18 bits per heavy atom. The van der Waals surface area contributed by atoms with Gasteiger partial charge in [-0.15, -0.1) is 11.3 Å². The molecule has 0 saturated heterocycles. The first-order valence-corrected chi connectivity index (χ1v) is 6.41. The number of aromatic nitrogens is 1. The molecule has 17 heavy (non-hydrogen) atoms. The average molecular weight is 248 g/mol. The molecule has 0 spiro atoms. The van der Waals surface area contributed by atoms with Crippen molar-refractivity contribution in [2.24, 2.45) is 5.73 Å². The molecule has 1 aromatic carbocycles. The second-order valence-corrected chi connectivity index (χ2v) is 4.87. The van der Waals surface area contributed by atoms with Crippen LogP contribution < -0.4 is 10.5 Å². The molecule has 0 aliphatic rings. The van der Waals surface area contributed by atoms with Crippen LogP contribution in [-0.4, -0.2) is 4.98 Å². The van der Waals surface area contributed by atoms with Crippen LogP contribution in [0.5, 0.6) is 5.75 Å². The van der Waals surface area contributed by atoms with E-state index in [1.165, 1.54) is 11.1 Å². The molecular weight excluding hydrogens is 232 g/mol. The van der Waals surface area contributed by atoms with Gasteiger partial charge < -0.3 is 10.5 Å². The summed E-state index contributed by atoms with van der Waals surface area (Å²) in [6.07, 6.45) is 0. The number of thiazole rings is 1. The number of hydrogen-bond acceptors (Lipinski definition) is 4. The number of nitrogens with zero attached hydrogens (tertiary/aromatic N) is 1. The molecular formula is C13H16N2OS. The van der Waals surface area contributed by atoms with Gasteiger partial charge in [-0.25, -0.2) is 4.98 Å². The maximum Gasteiger partial charge on any atom is 0.131 e. The first-order valence-electron chi connectivity index (χ1n) is 5.53. The maximum absolute atomic E-state index is 5.76. The van der Waals surface area contributed by atoms with Crippen molar-refractivity contribution >= 4 is 11.3 Å². The van der Waals surface area contributed by atoms with Crippen molar-refractivity contribution in [1.29, 1.82) is 0 Å². The molecule has 0 unspecified atom stereocenters. The predicted molar refractivity (Wildman–Crippen MR) is 70.3 cm³/mol. The van der Waals surface area contributed by atoms with E-state index in [4.69, 9.17) is 10.5 Å². The lowest BCUT2D eigenvalue weighted by Gasteiger charge is -2.09. The topological polar surface area (TPSA) is 48.1 Å². The Hall–Kier alpha value is -1.39. The Kier molecular flexibility index (Phi) is 3.76. The fraction of sp³-hybridized carbons (Fsp3) is 0.308. The van der Waals surface area contributed by atoms with Crippen molar-refractivity contribution in [1.82, 2.24) is 4.98 Å². The maximum atomic E-state index is 5.76. The van der Waals surface area contributed by atoms with E-state index in [0.717, 1.165) is 16.5 Å². The highest BCUT2D eigenvalue weighted by Gasteiger charge is 2.04. The number of nitrogens with two attached hydrogens (primary N) is 1. The monoisotopic (exact) mass is 248 g/mol. The van der Waals surface area contributed by atoms with Gasteiger partial charge in [0.1, 0.15) is 17.4 Å². The zero-order valence-corrected chi connectivity index (χ0v) is 10.9. The SMILES string of the molecule is Cc1cccc(OCc2csc(CN)n2)c1C. The molecule has 0 amide bonds.